The lowest BCUT2D eigenvalue weighted by atomic mass is 10.1. The summed E-state index contributed by atoms with van der Waals surface area (Å²) in [6, 6.07) is 13.6. The zero-order valence-electron chi connectivity index (χ0n) is 18.0. The summed E-state index contributed by atoms with van der Waals surface area (Å²) >= 11 is 0. The van der Waals surface area contributed by atoms with E-state index in [0.29, 0.717) is 5.92 Å². The van der Waals surface area contributed by atoms with Crippen LogP contribution in [0.5, 0.6) is 0 Å². The van der Waals surface area contributed by atoms with Gasteiger partial charge in [0.15, 0.2) is 0 Å². The number of benzene rings is 2. The van der Waals surface area contributed by atoms with E-state index in [1.807, 2.05) is 0 Å². The van der Waals surface area contributed by atoms with Crippen molar-refractivity contribution in [2.45, 2.75) is 25.2 Å². The second-order valence-corrected chi connectivity index (χ2v) is 8.94. The van der Waals surface area contributed by atoms with E-state index in [2.05, 4.69) is 39.0 Å². The Labute approximate surface area is 186 Å². The molecule has 1 aliphatic carbocycles. The molecule has 0 bridgehead atoms. The number of non-ortho nitro benzene ring substituents is 1. The van der Waals surface area contributed by atoms with E-state index in [4.69, 9.17) is 9.97 Å². The molecule has 3 aromatic rings. The SMILES string of the molecule is O=[N+]([O-])c1ccc2nc(C3CC3)nc(N3CCN(c4ccccc4N4CCC4)CC3)c2c1. The van der Waals surface area contributed by atoms with Gasteiger partial charge in [0.05, 0.1) is 21.8 Å². The maximum Gasteiger partial charge on any atom is 0.270 e. The first kappa shape index (κ1) is 19.3. The van der Waals surface area contributed by atoms with Crippen molar-refractivity contribution in [3.05, 3.63) is 58.4 Å². The van der Waals surface area contributed by atoms with Crippen molar-refractivity contribution in [2.75, 3.05) is 54.0 Å². The second-order valence-electron chi connectivity index (χ2n) is 8.94. The largest absolute Gasteiger partial charge is 0.370 e. The molecule has 8 heteroatoms. The Kier molecular flexibility index (Phi) is 4.59. The summed E-state index contributed by atoms with van der Waals surface area (Å²) in [5.41, 5.74) is 3.51. The van der Waals surface area contributed by atoms with E-state index in [-0.39, 0.29) is 10.6 Å². The molecule has 3 fully saturated rings. The number of para-hydroxylation sites is 2. The Morgan fingerprint density at radius 3 is 2.09 bits per heavy atom. The molecule has 6 rings (SSSR count). The minimum absolute atomic E-state index is 0.0867. The third kappa shape index (κ3) is 3.39. The number of aromatic nitrogens is 2. The average molecular weight is 431 g/mol. The van der Waals surface area contributed by atoms with Crippen molar-refractivity contribution < 1.29 is 4.92 Å². The summed E-state index contributed by atoms with van der Waals surface area (Å²) in [5.74, 6) is 2.15. The average Bonchev–Trinajstić information content (AvgIpc) is 3.63. The zero-order chi connectivity index (χ0) is 21.7. The molecule has 0 radical (unpaired) electrons. The summed E-state index contributed by atoms with van der Waals surface area (Å²) in [7, 11) is 0. The van der Waals surface area contributed by atoms with Crippen molar-refractivity contribution in [1.29, 1.82) is 0 Å². The maximum atomic E-state index is 11.4. The van der Waals surface area contributed by atoms with Crippen LogP contribution < -0.4 is 14.7 Å². The highest BCUT2D eigenvalue weighted by atomic mass is 16.6. The van der Waals surface area contributed by atoms with Crippen LogP contribution in [0.2, 0.25) is 0 Å². The summed E-state index contributed by atoms with van der Waals surface area (Å²) < 4.78 is 0. The monoisotopic (exact) mass is 430 g/mol. The highest BCUT2D eigenvalue weighted by molar-refractivity contribution is 5.91. The summed E-state index contributed by atoms with van der Waals surface area (Å²) in [5, 5.41) is 12.2. The van der Waals surface area contributed by atoms with Gasteiger partial charge in [0, 0.05) is 62.7 Å². The van der Waals surface area contributed by atoms with E-state index in [0.717, 1.165) is 74.7 Å². The molecular weight excluding hydrogens is 404 g/mol. The van der Waals surface area contributed by atoms with Gasteiger partial charge >= 0.3 is 0 Å². The Balaban J connectivity index is 1.30. The first-order chi connectivity index (χ1) is 15.7. The molecule has 2 saturated heterocycles. The Hall–Kier alpha value is -3.42. The lowest BCUT2D eigenvalue weighted by Gasteiger charge is -2.41. The predicted octanol–water partition coefficient (Wildman–Crippen LogP) is 3.95. The number of piperazine rings is 1. The van der Waals surface area contributed by atoms with Crippen molar-refractivity contribution in [2.24, 2.45) is 0 Å². The molecule has 164 valence electrons. The fraction of sp³-hybridized carbons (Fsp3) is 0.417. The first-order valence-corrected chi connectivity index (χ1v) is 11.5. The smallest absolute Gasteiger partial charge is 0.270 e. The molecule has 0 amide bonds. The minimum Gasteiger partial charge on any atom is -0.370 e. The van der Waals surface area contributed by atoms with Gasteiger partial charge < -0.3 is 14.7 Å². The molecule has 1 saturated carbocycles. The van der Waals surface area contributed by atoms with Crippen LogP contribution in [0, 0.1) is 10.1 Å². The van der Waals surface area contributed by atoms with Gasteiger partial charge in [0.25, 0.3) is 5.69 Å². The standard InChI is InChI=1S/C24H26N6O2/c31-30(32)18-8-9-20-19(16-18)24(26-23(25-20)17-6-7-17)29-14-12-28(13-15-29)22-5-2-1-4-21(22)27-10-3-11-27/h1-2,4-5,8-9,16-17H,3,6-7,10-15H2. The first-order valence-electron chi connectivity index (χ1n) is 11.5. The van der Waals surface area contributed by atoms with Gasteiger partial charge in [-0.15, -0.1) is 0 Å². The summed E-state index contributed by atoms with van der Waals surface area (Å²) in [6.45, 7) is 5.70. The fourth-order valence-electron chi connectivity index (χ4n) is 4.71. The molecule has 0 unspecified atom stereocenters. The number of hydrogen-bond donors (Lipinski definition) is 0. The van der Waals surface area contributed by atoms with Gasteiger partial charge in [-0.3, -0.25) is 10.1 Å². The number of nitrogens with zero attached hydrogens (tertiary/aromatic N) is 6. The number of nitro benzene ring substituents is 1. The van der Waals surface area contributed by atoms with Gasteiger partial charge in [0.2, 0.25) is 0 Å². The number of anilines is 3. The topological polar surface area (TPSA) is 78.6 Å². The van der Waals surface area contributed by atoms with Gasteiger partial charge in [0.1, 0.15) is 11.6 Å². The van der Waals surface area contributed by atoms with E-state index in [9.17, 15) is 10.1 Å². The number of rotatable bonds is 5. The zero-order valence-corrected chi connectivity index (χ0v) is 18.0. The van der Waals surface area contributed by atoms with Crippen LogP contribution in [0.15, 0.2) is 42.5 Å². The van der Waals surface area contributed by atoms with Crippen LogP contribution in [0.4, 0.5) is 22.9 Å². The van der Waals surface area contributed by atoms with Crippen LogP contribution in [-0.2, 0) is 0 Å². The highest BCUT2D eigenvalue weighted by Crippen LogP contribution is 2.40. The van der Waals surface area contributed by atoms with Crippen molar-refractivity contribution in [1.82, 2.24) is 9.97 Å². The van der Waals surface area contributed by atoms with Gasteiger partial charge in [-0.1, -0.05) is 12.1 Å². The van der Waals surface area contributed by atoms with Crippen molar-refractivity contribution >= 4 is 33.8 Å². The van der Waals surface area contributed by atoms with Crippen LogP contribution in [-0.4, -0.2) is 54.2 Å². The van der Waals surface area contributed by atoms with Gasteiger partial charge in [-0.25, -0.2) is 9.97 Å². The second kappa shape index (κ2) is 7.62. The maximum absolute atomic E-state index is 11.4. The lowest BCUT2D eigenvalue weighted by Crippen LogP contribution is -2.48. The molecule has 1 aromatic heterocycles. The lowest BCUT2D eigenvalue weighted by molar-refractivity contribution is -0.384. The Morgan fingerprint density at radius 1 is 0.844 bits per heavy atom. The molecule has 3 aliphatic rings. The minimum atomic E-state index is -0.345. The van der Waals surface area contributed by atoms with E-state index >= 15 is 0 Å². The molecular formula is C24H26N6O2. The van der Waals surface area contributed by atoms with Crippen LogP contribution in [0.3, 0.4) is 0 Å². The van der Waals surface area contributed by atoms with Crippen LogP contribution >= 0.6 is 0 Å². The number of nitro groups is 1. The molecule has 3 heterocycles. The van der Waals surface area contributed by atoms with Crippen molar-refractivity contribution in [3.63, 3.8) is 0 Å². The van der Waals surface area contributed by atoms with Gasteiger partial charge in [-0.2, -0.15) is 0 Å². The molecule has 2 aromatic carbocycles. The summed E-state index contributed by atoms with van der Waals surface area (Å²) in [4.78, 5) is 27.9. The third-order valence-electron chi connectivity index (χ3n) is 6.83. The third-order valence-corrected chi connectivity index (χ3v) is 6.83. The molecule has 0 N–H and O–H groups in total. The number of fused-ring (bicyclic) bond motifs is 1. The van der Waals surface area contributed by atoms with E-state index in [1.165, 1.54) is 17.8 Å². The van der Waals surface area contributed by atoms with E-state index in [1.54, 1.807) is 18.2 Å². The summed E-state index contributed by atoms with van der Waals surface area (Å²) in [6.07, 6.45) is 3.51. The highest BCUT2D eigenvalue weighted by Gasteiger charge is 2.30. The molecule has 2 aliphatic heterocycles. The predicted molar refractivity (Wildman–Crippen MR) is 126 cm³/mol. The number of hydrogen-bond acceptors (Lipinski definition) is 7. The molecule has 0 spiro atoms. The Morgan fingerprint density at radius 2 is 1.50 bits per heavy atom. The normalized spacial score (nSPS) is 18.7. The molecule has 32 heavy (non-hydrogen) atoms. The van der Waals surface area contributed by atoms with E-state index < -0.39 is 0 Å². The van der Waals surface area contributed by atoms with Crippen molar-refractivity contribution in [3.8, 4) is 0 Å². The Bertz CT molecular complexity index is 1180. The molecule has 8 nitrogen and oxygen atoms in total. The quantitative estimate of drug-likeness (QED) is 0.448. The van der Waals surface area contributed by atoms with Crippen LogP contribution in [0.25, 0.3) is 10.9 Å². The molecule has 0 atom stereocenters. The van der Waals surface area contributed by atoms with Crippen LogP contribution in [0.1, 0.15) is 31.0 Å². The fourth-order valence-corrected chi connectivity index (χ4v) is 4.71. The van der Waals surface area contributed by atoms with Gasteiger partial charge in [-0.05, 0) is 37.5 Å².